The summed E-state index contributed by atoms with van der Waals surface area (Å²) in [7, 11) is 1.82. The van der Waals surface area contributed by atoms with Crippen LogP contribution in [0.2, 0.25) is 0 Å². The second kappa shape index (κ2) is 6.21. The molecular formula is C12H23NO3. The molecule has 2 atom stereocenters. The summed E-state index contributed by atoms with van der Waals surface area (Å²) >= 11 is 0. The molecule has 1 aliphatic heterocycles. The van der Waals surface area contributed by atoms with E-state index in [1.807, 2.05) is 14.0 Å². The van der Waals surface area contributed by atoms with E-state index in [0.29, 0.717) is 19.6 Å². The zero-order valence-corrected chi connectivity index (χ0v) is 10.5. The highest BCUT2D eigenvalue weighted by atomic mass is 16.5. The molecule has 1 saturated heterocycles. The number of hydrogen-bond donors (Lipinski definition) is 1. The van der Waals surface area contributed by atoms with Crippen LogP contribution in [-0.2, 0) is 14.3 Å². The molecule has 1 rings (SSSR count). The third-order valence-electron chi connectivity index (χ3n) is 3.21. The first-order valence-electron chi connectivity index (χ1n) is 6.16. The van der Waals surface area contributed by atoms with Crippen LogP contribution < -0.4 is 5.32 Å². The molecule has 0 amide bonds. The van der Waals surface area contributed by atoms with Crippen molar-refractivity contribution in [2.24, 2.45) is 0 Å². The summed E-state index contributed by atoms with van der Waals surface area (Å²) in [5, 5.41) is 3.14. The molecule has 4 heteroatoms. The van der Waals surface area contributed by atoms with E-state index in [9.17, 15) is 4.79 Å². The fraction of sp³-hybridized carbons (Fsp3) is 0.917. The van der Waals surface area contributed by atoms with Crippen LogP contribution in [-0.4, -0.2) is 37.9 Å². The van der Waals surface area contributed by atoms with Gasteiger partial charge in [-0.1, -0.05) is 13.3 Å². The van der Waals surface area contributed by atoms with Gasteiger partial charge >= 0.3 is 5.97 Å². The van der Waals surface area contributed by atoms with Gasteiger partial charge in [-0.3, -0.25) is 4.79 Å². The summed E-state index contributed by atoms with van der Waals surface area (Å²) < 4.78 is 10.8. The lowest BCUT2D eigenvalue weighted by Crippen LogP contribution is -2.56. The topological polar surface area (TPSA) is 47.6 Å². The van der Waals surface area contributed by atoms with Gasteiger partial charge in [-0.2, -0.15) is 0 Å². The Bertz CT molecular complexity index is 230. The fourth-order valence-electron chi connectivity index (χ4n) is 2.24. The van der Waals surface area contributed by atoms with Gasteiger partial charge in [-0.05, 0) is 26.8 Å². The molecule has 1 fully saturated rings. The molecule has 1 heterocycles. The van der Waals surface area contributed by atoms with Gasteiger partial charge in [0.2, 0.25) is 0 Å². The van der Waals surface area contributed by atoms with Crippen molar-refractivity contribution >= 4 is 5.97 Å². The van der Waals surface area contributed by atoms with E-state index in [2.05, 4.69) is 12.2 Å². The van der Waals surface area contributed by atoms with E-state index in [-0.39, 0.29) is 12.1 Å². The highest BCUT2D eigenvalue weighted by Crippen LogP contribution is 2.28. The summed E-state index contributed by atoms with van der Waals surface area (Å²) in [6.07, 6.45) is 3.67. The zero-order chi connectivity index (χ0) is 12.0. The first-order valence-corrected chi connectivity index (χ1v) is 6.16. The lowest BCUT2D eigenvalue weighted by molar-refractivity contribution is -0.158. The van der Waals surface area contributed by atoms with Gasteiger partial charge in [0, 0.05) is 13.0 Å². The van der Waals surface area contributed by atoms with Gasteiger partial charge < -0.3 is 14.8 Å². The molecule has 0 saturated carbocycles. The minimum absolute atomic E-state index is 0.137. The Hall–Kier alpha value is -0.610. The minimum atomic E-state index is -0.534. The lowest BCUT2D eigenvalue weighted by Gasteiger charge is -2.38. The Morgan fingerprint density at radius 2 is 2.31 bits per heavy atom. The number of carbonyl (C=O) groups excluding carboxylic acids is 1. The number of carbonyl (C=O) groups is 1. The highest BCUT2D eigenvalue weighted by molar-refractivity contribution is 5.81. The van der Waals surface area contributed by atoms with Gasteiger partial charge in [-0.25, -0.2) is 0 Å². The SMILES string of the molecule is CCCC1CC(NC)(C(=O)OCC)CCO1. The van der Waals surface area contributed by atoms with Crippen LogP contribution in [0.3, 0.4) is 0 Å². The van der Waals surface area contributed by atoms with E-state index in [0.717, 1.165) is 19.3 Å². The van der Waals surface area contributed by atoms with E-state index in [1.165, 1.54) is 0 Å². The van der Waals surface area contributed by atoms with Gasteiger partial charge in [0.25, 0.3) is 0 Å². The molecule has 0 spiro atoms. The molecule has 0 aromatic rings. The second-order valence-corrected chi connectivity index (χ2v) is 4.29. The van der Waals surface area contributed by atoms with Crippen molar-refractivity contribution < 1.29 is 14.3 Å². The molecule has 1 aliphatic rings. The van der Waals surface area contributed by atoms with E-state index in [4.69, 9.17) is 9.47 Å². The minimum Gasteiger partial charge on any atom is -0.465 e. The number of esters is 1. The van der Waals surface area contributed by atoms with Gasteiger partial charge in [0.1, 0.15) is 5.54 Å². The molecule has 0 aliphatic carbocycles. The van der Waals surface area contributed by atoms with E-state index < -0.39 is 5.54 Å². The van der Waals surface area contributed by atoms with Gasteiger partial charge in [0.15, 0.2) is 0 Å². The molecule has 1 N–H and O–H groups in total. The van der Waals surface area contributed by atoms with Crippen molar-refractivity contribution in [1.29, 1.82) is 0 Å². The Balaban J connectivity index is 2.66. The third kappa shape index (κ3) is 2.95. The Labute approximate surface area is 97.7 Å². The van der Waals surface area contributed by atoms with Crippen molar-refractivity contribution in [2.75, 3.05) is 20.3 Å². The summed E-state index contributed by atoms with van der Waals surface area (Å²) in [4.78, 5) is 12.0. The first-order chi connectivity index (χ1) is 7.68. The monoisotopic (exact) mass is 229 g/mol. The molecular weight excluding hydrogens is 206 g/mol. The normalized spacial score (nSPS) is 30.1. The van der Waals surface area contributed by atoms with Crippen LogP contribution in [0, 0.1) is 0 Å². The third-order valence-corrected chi connectivity index (χ3v) is 3.21. The zero-order valence-electron chi connectivity index (χ0n) is 10.5. The van der Waals surface area contributed by atoms with E-state index >= 15 is 0 Å². The summed E-state index contributed by atoms with van der Waals surface area (Å²) in [5.74, 6) is -0.137. The van der Waals surface area contributed by atoms with Crippen LogP contribution in [0.4, 0.5) is 0 Å². The van der Waals surface area contributed by atoms with Crippen molar-refractivity contribution in [3.8, 4) is 0 Å². The fourth-order valence-corrected chi connectivity index (χ4v) is 2.24. The molecule has 94 valence electrons. The number of likely N-dealkylation sites (N-methyl/N-ethyl adjacent to an activating group) is 1. The number of hydrogen-bond acceptors (Lipinski definition) is 4. The molecule has 2 unspecified atom stereocenters. The average Bonchev–Trinajstić information content (AvgIpc) is 2.30. The molecule has 0 aromatic carbocycles. The second-order valence-electron chi connectivity index (χ2n) is 4.29. The van der Waals surface area contributed by atoms with Crippen LogP contribution in [0.1, 0.15) is 39.5 Å². The van der Waals surface area contributed by atoms with Crippen LogP contribution in [0.15, 0.2) is 0 Å². The molecule has 0 aromatic heterocycles. The number of ether oxygens (including phenoxy) is 2. The predicted molar refractivity (Wildman–Crippen MR) is 62.3 cm³/mol. The highest BCUT2D eigenvalue weighted by Gasteiger charge is 2.43. The largest absolute Gasteiger partial charge is 0.465 e. The maximum atomic E-state index is 12.0. The maximum absolute atomic E-state index is 12.0. The Morgan fingerprint density at radius 3 is 2.88 bits per heavy atom. The summed E-state index contributed by atoms with van der Waals surface area (Å²) in [5.41, 5.74) is -0.534. The number of nitrogens with one attached hydrogen (secondary N) is 1. The van der Waals surface area contributed by atoms with Crippen LogP contribution in [0.25, 0.3) is 0 Å². The smallest absolute Gasteiger partial charge is 0.326 e. The number of rotatable bonds is 5. The molecule has 0 radical (unpaired) electrons. The Morgan fingerprint density at radius 1 is 1.56 bits per heavy atom. The molecule has 0 bridgehead atoms. The quantitative estimate of drug-likeness (QED) is 0.726. The molecule has 4 nitrogen and oxygen atoms in total. The Kier molecular flexibility index (Phi) is 5.22. The summed E-state index contributed by atoms with van der Waals surface area (Å²) in [6, 6.07) is 0. The lowest BCUT2D eigenvalue weighted by atomic mass is 9.85. The van der Waals surface area contributed by atoms with Crippen molar-refractivity contribution in [1.82, 2.24) is 5.32 Å². The standard InChI is InChI=1S/C12H23NO3/c1-4-6-10-9-12(13-3,7-8-16-10)11(14)15-5-2/h10,13H,4-9H2,1-3H3. The summed E-state index contributed by atoms with van der Waals surface area (Å²) in [6.45, 7) is 5.03. The van der Waals surface area contributed by atoms with Crippen molar-refractivity contribution in [3.63, 3.8) is 0 Å². The average molecular weight is 229 g/mol. The van der Waals surface area contributed by atoms with Crippen LogP contribution in [0.5, 0.6) is 0 Å². The van der Waals surface area contributed by atoms with Gasteiger partial charge in [0.05, 0.1) is 12.7 Å². The van der Waals surface area contributed by atoms with Crippen molar-refractivity contribution in [3.05, 3.63) is 0 Å². The maximum Gasteiger partial charge on any atom is 0.326 e. The van der Waals surface area contributed by atoms with Gasteiger partial charge in [-0.15, -0.1) is 0 Å². The van der Waals surface area contributed by atoms with Crippen molar-refractivity contribution in [2.45, 2.75) is 51.2 Å². The molecule has 16 heavy (non-hydrogen) atoms. The predicted octanol–water partition coefficient (Wildman–Crippen LogP) is 1.49. The van der Waals surface area contributed by atoms with Crippen LogP contribution >= 0.6 is 0 Å². The van der Waals surface area contributed by atoms with E-state index in [1.54, 1.807) is 0 Å². The first kappa shape index (κ1) is 13.5.